The van der Waals surface area contributed by atoms with Gasteiger partial charge in [0.1, 0.15) is 0 Å². The molecular weight excluding hydrogens is 186 g/mol. The van der Waals surface area contributed by atoms with Gasteiger partial charge in [0.05, 0.1) is 6.10 Å². The molecule has 88 valence electrons. The summed E-state index contributed by atoms with van der Waals surface area (Å²) >= 11 is 0. The molecule has 0 aromatic heterocycles. The Hall–Kier alpha value is -0.0800. The molecule has 1 N–H and O–H groups in total. The Morgan fingerprint density at radius 2 is 1.87 bits per heavy atom. The van der Waals surface area contributed by atoms with Crippen LogP contribution < -0.4 is 0 Å². The maximum absolute atomic E-state index is 10.1. The molecule has 2 nitrogen and oxygen atoms in total. The van der Waals surface area contributed by atoms with Gasteiger partial charge < -0.3 is 5.11 Å². The summed E-state index contributed by atoms with van der Waals surface area (Å²) in [7, 11) is 0. The van der Waals surface area contributed by atoms with Gasteiger partial charge in [0.2, 0.25) is 0 Å². The van der Waals surface area contributed by atoms with Gasteiger partial charge in [-0.2, -0.15) is 0 Å². The van der Waals surface area contributed by atoms with Crippen molar-refractivity contribution < 1.29 is 5.11 Å². The van der Waals surface area contributed by atoms with Crippen LogP contribution in [-0.4, -0.2) is 35.2 Å². The van der Waals surface area contributed by atoms with E-state index in [1.54, 1.807) is 0 Å². The zero-order chi connectivity index (χ0) is 10.7. The molecule has 0 heterocycles. The molecule has 2 heteroatoms. The first-order valence-corrected chi connectivity index (χ1v) is 6.73. The molecule has 2 fully saturated rings. The quantitative estimate of drug-likeness (QED) is 0.755. The van der Waals surface area contributed by atoms with E-state index in [9.17, 15) is 5.11 Å². The van der Waals surface area contributed by atoms with Gasteiger partial charge in [-0.15, -0.1) is 0 Å². The zero-order valence-corrected chi connectivity index (χ0v) is 9.99. The van der Waals surface area contributed by atoms with Crippen LogP contribution in [0.5, 0.6) is 0 Å². The Kier molecular flexibility index (Phi) is 4.04. The Balaban J connectivity index is 1.88. The summed E-state index contributed by atoms with van der Waals surface area (Å²) in [4.78, 5) is 2.57. The van der Waals surface area contributed by atoms with Gasteiger partial charge in [-0.3, -0.25) is 4.90 Å². The smallest absolute Gasteiger partial charge is 0.0695 e. The third-order valence-electron chi connectivity index (χ3n) is 3.86. The third-order valence-corrected chi connectivity index (χ3v) is 3.86. The summed E-state index contributed by atoms with van der Waals surface area (Å²) in [5.41, 5.74) is 0. The van der Waals surface area contributed by atoms with Gasteiger partial charge in [-0.25, -0.2) is 0 Å². The lowest BCUT2D eigenvalue weighted by molar-refractivity contribution is 0.0175. The number of hydrogen-bond acceptors (Lipinski definition) is 2. The van der Waals surface area contributed by atoms with Gasteiger partial charge in [-0.1, -0.05) is 19.8 Å². The highest BCUT2D eigenvalue weighted by Crippen LogP contribution is 2.32. The van der Waals surface area contributed by atoms with E-state index in [1.165, 1.54) is 51.6 Å². The molecule has 0 aliphatic heterocycles. The van der Waals surface area contributed by atoms with Crippen molar-refractivity contribution in [3.8, 4) is 0 Å². The highest BCUT2D eigenvalue weighted by atomic mass is 16.3. The van der Waals surface area contributed by atoms with E-state index in [1.807, 2.05) is 0 Å². The molecule has 2 aliphatic rings. The predicted octanol–water partition coefficient (Wildman–Crippen LogP) is 2.41. The summed E-state index contributed by atoms with van der Waals surface area (Å²) in [6.07, 6.45) is 8.78. The Morgan fingerprint density at radius 3 is 2.47 bits per heavy atom. The molecule has 0 bridgehead atoms. The molecule has 0 aromatic rings. The van der Waals surface area contributed by atoms with Gasteiger partial charge in [0.25, 0.3) is 0 Å². The van der Waals surface area contributed by atoms with Crippen molar-refractivity contribution in [1.29, 1.82) is 0 Å². The van der Waals surface area contributed by atoms with Crippen LogP contribution in [0.3, 0.4) is 0 Å². The van der Waals surface area contributed by atoms with Crippen molar-refractivity contribution in [2.75, 3.05) is 13.1 Å². The largest absolute Gasteiger partial charge is 0.391 e. The van der Waals surface area contributed by atoms with E-state index in [0.717, 1.165) is 12.3 Å². The summed E-state index contributed by atoms with van der Waals surface area (Å²) in [6.45, 7) is 4.67. The van der Waals surface area contributed by atoms with Crippen molar-refractivity contribution in [1.82, 2.24) is 4.90 Å². The molecule has 2 atom stereocenters. The Labute approximate surface area is 93.7 Å². The first-order valence-electron chi connectivity index (χ1n) is 6.73. The van der Waals surface area contributed by atoms with Crippen LogP contribution in [0.2, 0.25) is 0 Å². The monoisotopic (exact) mass is 211 g/mol. The lowest BCUT2D eigenvalue weighted by Crippen LogP contribution is -2.46. The van der Waals surface area contributed by atoms with Crippen LogP contribution in [0, 0.1) is 5.92 Å². The maximum atomic E-state index is 10.1. The number of nitrogens with zero attached hydrogens (tertiary/aromatic N) is 1. The number of rotatable bonds is 5. The molecule has 0 amide bonds. The first-order chi connectivity index (χ1) is 7.31. The van der Waals surface area contributed by atoms with Crippen LogP contribution in [0.15, 0.2) is 0 Å². The average Bonchev–Trinajstić information content (AvgIpc) is 3.02. The molecule has 2 rings (SSSR count). The van der Waals surface area contributed by atoms with E-state index < -0.39 is 0 Å². The molecule has 15 heavy (non-hydrogen) atoms. The number of hydrogen-bond donors (Lipinski definition) is 1. The summed E-state index contributed by atoms with van der Waals surface area (Å²) in [5, 5.41) is 10.1. The zero-order valence-electron chi connectivity index (χ0n) is 9.99. The van der Waals surface area contributed by atoms with E-state index in [4.69, 9.17) is 0 Å². The van der Waals surface area contributed by atoms with Crippen LogP contribution in [0.4, 0.5) is 0 Å². The SMILES string of the molecule is CCCN(CC1CC1)C1CCCCC1O. The molecule has 0 spiro atoms. The van der Waals surface area contributed by atoms with E-state index in [-0.39, 0.29) is 6.10 Å². The van der Waals surface area contributed by atoms with Gasteiger partial charge in [0, 0.05) is 12.6 Å². The predicted molar refractivity (Wildman–Crippen MR) is 62.9 cm³/mol. The molecule has 2 saturated carbocycles. The standard InChI is InChI=1S/C13H25NO/c1-2-9-14(10-11-7-8-11)12-5-3-4-6-13(12)15/h11-13,15H,2-10H2,1H3. The number of aliphatic hydroxyl groups is 1. The lowest BCUT2D eigenvalue weighted by atomic mass is 9.91. The summed E-state index contributed by atoms with van der Waals surface area (Å²) < 4.78 is 0. The Morgan fingerprint density at radius 1 is 1.13 bits per heavy atom. The van der Waals surface area contributed by atoms with Gasteiger partial charge >= 0.3 is 0 Å². The highest BCUT2D eigenvalue weighted by Gasteiger charge is 2.32. The van der Waals surface area contributed by atoms with Crippen LogP contribution in [0.25, 0.3) is 0 Å². The van der Waals surface area contributed by atoms with Crippen LogP contribution in [0.1, 0.15) is 51.9 Å². The van der Waals surface area contributed by atoms with E-state index in [2.05, 4.69) is 11.8 Å². The molecule has 2 unspecified atom stereocenters. The van der Waals surface area contributed by atoms with E-state index >= 15 is 0 Å². The summed E-state index contributed by atoms with van der Waals surface area (Å²) in [5.74, 6) is 0.950. The van der Waals surface area contributed by atoms with Crippen molar-refractivity contribution >= 4 is 0 Å². The Bertz CT molecular complexity index is 191. The second kappa shape index (κ2) is 5.31. The normalized spacial score (nSPS) is 32.2. The maximum Gasteiger partial charge on any atom is 0.0695 e. The fraction of sp³-hybridized carbons (Fsp3) is 1.00. The van der Waals surface area contributed by atoms with Crippen molar-refractivity contribution in [2.45, 2.75) is 64.0 Å². The van der Waals surface area contributed by atoms with Crippen molar-refractivity contribution in [3.05, 3.63) is 0 Å². The second-order valence-corrected chi connectivity index (χ2v) is 5.36. The average molecular weight is 211 g/mol. The van der Waals surface area contributed by atoms with Crippen molar-refractivity contribution in [3.63, 3.8) is 0 Å². The second-order valence-electron chi connectivity index (χ2n) is 5.36. The molecular formula is C13H25NO. The molecule has 0 aromatic carbocycles. The fourth-order valence-electron chi connectivity index (χ4n) is 2.83. The highest BCUT2D eigenvalue weighted by molar-refractivity contribution is 4.86. The first kappa shape index (κ1) is 11.4. The van der Waals surface area contributed by atoms with Crippen molar-refractivity contribution in [2.24, 2.45) is 5.92 Å². The number of aliphatic hydroxyl groups excluding tert-OH is 1. The minimum Gasteiger partial charge on any atom is -0.391 e. The minimum atomic E-state index is -0.0518. The fourth-order valence-corrected chi connectivity index (χ4v) is 2.83. The summed E-state index contributed by atoms with van der Waals surface area (Å²) in [6, 6.07) is 0.472. The minimum absolute atomic E-state index is 0.0518. The van der Waals surface area contributed by atoms with Crippen LogP contribution in [-0.2, 0) is 0 Å². The lowest BCUT2D eigenvalue weighted by Gasteiger charge is -2.37. The molecule has 2 aliphatic carbocycles. The molecule has 0 saturated heterocycles. The van der Waals surface area contributed by atoms with Gasteiger partial charge in [-0.05, 0) is 44.6 Å². The molecule has 0 radical (unpaired) electrons. The van der Waals surface area contributed by atoms with E-state index in [0.29, 0.717) is 6.04 Å². The third kappa shape index (κ3) is 3.18. The topological polar surface area (TPSA) is 23.5 Å². The van der Waals surface area contributed by atoms with Gasteiger partial charge in [0.15, 0.2) is 0 Å². The van der Waals surface area contributed by atoms with Crippen LogP contribution >= 0.6 is 0 Å².